The lowest BCUT2D eigenvalue weighted by Crippen LogP contribution is -2.53. The molecule has 0 unspecified atom stereocenters. The Hall–Kier alpha value is -3.87. The molecule has 4 rings (SSSR count). The van der Waals surface area contributed by atoms with Gasteiger partial charge in [0.2, 0.25) is 0 Å². The fourth-order valence-corrected chi connectivity index (χ4v) is 3.96. The molecule has 9 nitrogen and oxygen atoms in total. The molecule has 2 aromatic carbocycles. The van der Waals surface area contributed by atoms with Crippen LogP contribution < -0.4 is 20.3 Å². The number of likely N-dealkylation sites (N-methyl/N-ethyl adjacent to an activating group) is 1. The van der Waals surface area contributed by atoms with Crippen LogP contribution in [0.5, 0.6) is 5.75 Å². The Labute approximate surface area is 210 Å². The van der Waals surface area contributed by atoms with Crippen molar-refractivity contribution in [1.29, 1.82) is 0 Å². The number of carbonyl (C=O) groups is 3. The average Bonchev–Trinajstić information content (AvgIpc) is 3.02. The van der Waals surface area contributed by atoms with Crippen LogP contribution >= 0.6 is 0 Å². The SMILES string of the molecule is CN1C(=O)[C@@H](NC(=O)C(=O)NCCc2ccccc2)COc2ccc(C#CCN3CCOCC3)cc21. The summed E-state index contributed by atoms with van der Waals surface area (Å²) in [6.45, 7) is 4.04. The van der Waals surface area contributed by atoms with E-state index >= 15 is 0 Å². The molecule has 36 heavy (non-hydrogen) atoms. The van der Waals surface area contributed by atoms with Crippen molar-refractivity contribution in [3.63, 3.8) is 0 Å². The summed E-state index contributed by atoms with van der Waals surface area (Å²) in [5.74, 6) is 4.77. The van der Waals surface area contributed by atoms with Gasteiger partial charge in [-0.2, -0.15) is 0 Å². The van der Waals surface area contributed by atoms with Crippen LogP contribution in [0.15, 0.2) is 48.5 Å². The Morgan fingerprint density at radius 1 is 1.08 bits per heavy atom. The number of carbonyl (C=O) groups excluding carboxylic acids is 3. The topological polar surface area (TPSA) is 100 Å². The highest BCUT2D eigenvalue weighted by atomic mass is 16.5. The van der Waals surface area contributed by atoms with Crippen molar-refractivity contribution in [2.75, 3.05) is 57.9 Å². The van der Waals surface area contributed by atoms with E-state index in [0.29, 0.717) is 30.9 Å². The number of benzene rings is 2. The van der Waals surface area contributed by atoms with Gasteiger partial charge >= 0.3 is 11.8 Å². The van der Waals surface area contributed by atoms with Crippen LogP contribution in [0.2, 0.25) is 0 Å². The highest BCUT2D eigenvalue weighted by molar-refractivity contribution is 6.35. The van der Waals surface area contributed by atoms with E-state index in [1.165, 1.54) is 4.90 Å². The molecular formula is C27H30N4O5. The summed E-state index contributed by atoms with van der Waals surface area (Å²) in [6.07, 6.45) is 0.598. The number of nitrogens with one attached hydrogen (secondary N) is 2. The van der Waals surface area contributed by atoms with Crippen molar-refractivity contribution in [2.45, 2.75) is 12.5 Å². The van der Waals surface area contributed by atoms with E-state index < -0.39 is 17.9 Å². The lowest BCUT2D eigenvalue weighted by Gasteiger charge is -2.24. The van der Waals surface area contributed by atoms with Crippen molar-refractivity contribution < 1.29 is 23.9 Å². The molecule has 188 valence electrons. The molecule has 0 bridgehead atoms. The van der Waals surface area contributed by atoms with Gasteiger partial charge in [0.15, 0.2) is 0 Å². The monoisotopic (exact) mass is 490 g/mol. The smallest absolute Gasteiger partial charge is 0.310 e. The summed E-state index contributed by atoms with van der Waals surface area (Å²) in [4.78, 5) is 41.4. The molecule has 0 aliphatic carbocycles. The van der Waals surface area contributed by atoms with Crippen LogP contribution in [-0.4, -0.2) is 81.7 Å². The summed E-state index contributed by atoms with van der Waals surface area (Å²) in [7, 11) is 1.61. The number of nitrogens with zero attached hydrogens (tertiary/aromatic N) is 2. The van der Waals surface area contributed by atoms with Gasteiger partial charge in [-0.25, -0.2) is 0 Å². The summed E-state index contributed by atoms with van der Waals surface area (Å²) in [5.41, 5.74) is 2.36. The van der Waals surface area contributed by atoms with Gasteiger partial charge in [-0.1, -0.05) is 42.2 Å². The lowest BCUT2D eigenvalue weighted by molar-refractivity contribution is -0.140. The van der Waals surface area contributed by atoms with E-state index in [9.17, 15) is 14.4 Å². The number of rotatable bonds is 5. The van der Waals surface area contributed by atoms with Crippen LogP contribution in [0, 0.1) is 11.8 Å². The minimum atomic E-state index is -0.995. The Morgan fingerprint density at radius 2 is 1.86 bits per heavy atom. The first-order valence-corrected chi connectivity index (χ1v) is 12.0. The zero-order chi connectivity index (χ0) is 25.3. The Kier molecular flexibility index (Phi) is 8.55. The predicted molar refractivity (Wildman–Crippen MR) is 135 cm³/mol. The molecule has 0 spiro atoms. The minimum Gasteiger partial charge on any atom is -0.489 e. The molecule has 1 fully saturated rings. The highest BCUT2D eigenvalue weighted by Gasteiger charge is 2.32. The molecule has 2 aromatic rings. The van der Waals surface area contributed by atoms with Gasteiger partial charge < -0.3 is 25.0 Å². The maximum absolute atomic E-state index is 13.0. The average molecular weight is 491 g/mol. The zero-order valence-electron chi connectivity index (χ0n) is 20.3. The van der Waals surface area contributed by atoms with Crippen LogP contribution in [0.1, 0.15) is 11.1 Å². The van der Waals surface area contributed by atoms with E-state index in [-0.39, 0.29) is 12.5 Å². The van der Waals surface area contributed by atoms with Gasteiger partial charge in [0, 0.05) is 32.2 Å². The third-order valence-electron chi connectivity index (χ3n) is 6.05. The number of fused-ring (bicyclic) bond motifs is 1. The number of hydrogen-bond donors (Lipinski definition) is 2. The van der Waals surface area contributed by atoms with Crippen LogP contribution in [0.4, 0.5) is 5.69 Å². The van der Waals surface area contributed by atoms with Crippen molar-refractivity contribution in [3.8, 4) is 17.6 Å². The number of amides is 3. The highest BCUT2D eigenvalue weighted by Crippen LogP contribution is 2.31. The van der Waals surface area contributed by atoms with Gasteiger partial charge in [0.1, 0.15) is 18.4 Å². The van der Waals surface area contributed by atoms with Crippen molar-refractivity contribution in [3.05, 3.63) is 59.7 Å². The predicted octanol–water partition coefficient (Wildman–Crippen LogP) is 0.569. The second kappa shape index (κ2) is 12.2. The fourth-order valence-electron chi connectivity index (χ4n) is 3.96. The lowest BCUT2D eigenvalue weighted by atomic mass is 10.1. The number of morpholine rings is 1. The molecule has 0 radical (unpaired) electrons. The Bertz CT molecular complexity index is 1150. The van der Waals surface area contributed by atoms with E-state index in [1.54, 1.807) is 19.2 Å². The van der Waals surface area contributed by atoms with E-state index in [4.69, 9.17) is 9.47 Å². The van der Waals surface area contributed by atoms with Crippen molar-refractivity contribution in [2.24, 2.45) is 0 Å². The van der Waals surface area contributed by atoms with Crippen molar-refractivity contribution in [1.82, 2.24) is 15.5 Å². The zero-order valence-corrected chi connectivity index (χ0v) is 20.3. The summed E-state index contributed by atoms with van der Waals surface area (Å²) >= 11 is 0. The molecule has 1 saturated heterocycles. The molecule has 9 heteroatoms. The quantitative estimate of drug-likeness (QED) is 0.470. The molecule has 2 heterocycles. The summed E-state index contributed by atoms with van der Waals surface area (Å²) < 4.78 is 11.1. The summed E-state index contributed by atoms with van der Waals surface area (Å²) in [5, 5.41) is 5.08. The minimum absolute atomic E-state index is 0.0821. The molecule has 0 saturated carbocycles. The standard InChI is InChI=1S/C27H30N4O5/c1-30-23-18-21(8-5-13-31-14-16-35-17-15-31)9-10-24(23)36-19-22(27(30)34)29-26(33)25(32)28-12-11-20-6-3-2-4-7-20/h2-4,6-7,9-10,18,22H,11-17,19H2,1H3,(H,28,32)(H,29,33)/t22-/m0/s1. The molecule has 2 aliphatic rings. The molecule has 2 aliphatic heterocycles. The molecule has 0 aromatic heterocycles. The molecule has 1 atom stereocenters. The first kappa shape index (κ1) is 25.2. The first-order valence-electron chi connectivity index (χ1n) is 12.0. The number of anilines is 1. The van der Waals surface area contributed by atoms with Gasteiger partial charge in [-0.15, -0.1) is 0 Å². The second-order valence-electron chi connectivity index (χ2n) is 8.60. The van der Waals surface area contributed by atoms with Crippen LogP contribution in [0.3, 0.4) is 0 Å². The maximum Gasteiger partial charge on any atom is 0.310 e. The fraction of sp³-hybridized carbons (Fsp3) is 0.370. The van der Waals surface area contributed by atoms with E-state index in [2.05, 4.69) is 27.4 Å². The Morgan fingerprint density at radius 3 is 2.64 bits per heavy atom. The number of hydrogen-bond acceptors (Lipinski definition) is 6. The normalized spacial score (nSPS) is 17.6. The van der Waals surface area contributed by atoms with Gasteiger partial charge in [-0.3, -0.25) is 19.3 Å². The summed E-state index contributed by atoms with van der Waals surface area (Å²) in [6, 6.07) is 14.0. The first-order chi connectivity index (χ1) is 17.5. The largest absolute Gasteiger partial charge is 0.489 e. The third kappa shape index (κ3) is 6.62. The maximum atomic E-state index is 13.0. The Balaban J connectivity index is 1.32. The second-order valence-corrected chi connectivity index (χ2v) is 8.60. The molecule has 3 amide bonds. The van der Waals surface area contributed by atoms with Gasteiger partial charge in [-0.05, 0) is 30.2 Å². The third-order valence-corrected chi connectivity index (χ3v) is 6.05. The van der Waals surface area contributed by atoms with Crippen molar-refractivity contribution >= 4 is 23.4 Å². The number of ether oxygens (including phenoxy) is 2. The van der Waals surface area contributed by atoms with Crippen LogP contribution in [-0.2, 0) is 25.5 Å². The molecule has 2 N–H and O–H groups in total. The van der Waals surface area contributed by atoms with Gasteiger partial charge in [0.25, 0.3) is 5.91 Å². The van der Waals surface area contributed by atoms with E-state index in [0.717, 1.165) is 37.4 Å². The van der Waals surface area contributed by atoms with Gasteiger partial charge in [0.05, 0.1) is 25.4 Å². The van der Waals surface area contributed by atoms with E-state index in [1.807, 2.05) is 36.4 Å². The van der Waals surface area contributed by atoms with Crippen LogP contribution in [0.25, 0.3) is 0 Å². The molecular weight excluding hydrogens is 460 g/mol.